The first-order chi connectivity index (χ1) is 7.36. The average molecular weight is 244 g/mol. The first kappa shape index (κ1) is 13.1. The third-order valence-electron chi connectivity index (χ3n) is 2.78. The number of aromatic nitrogens is 1. The molecular formula is C11H18ClN3O. The summed E-state index contributed by atoms with van der Waals surface area (Å²) in [7, 11) is 0. The number of carbonyl (C=O) groups is 1. The van der Waals surface area contributed by atoms with Crippen molar-refractivity contribution in [2.24, 2.45) is 0 Å². The third kappa shape index (κ3) is 3.54. The van der Waals surface area contributed by atoms with Crippen LogP contribution in [-0.4, -0.2) is 30.0 Å². The Morgan fingerprint density at radius 1 is 1.56 bits per heavy atom. The van der Waals surface area contributed by atoms with Gasteiger partial charge >= 0.3 is 0 Å². The van der Waals surface area contributed by atoms with E-state index in [1.165, 1.54) is 12.8 Å². The number of rotatable bonds is 4. The van der Waals surface area contributed by atoms with Gasteiger partial charge in [-0.1, -0.05) is 0 Å². The first-order valence-corrected chi connectivity index (χ1v) is 5.51. The number of amides is 1. The summed E-state index contributed by atoms with van der Waals surface area (Å²) in [4.78, 5) is 14.4. The molecule has 1 aromatic heterocycles. The number of hydrogen-bond donors (Lipinski definition) is 3. The standard InChI is InChI=1S/C11H17N3O.ClH/c15-11(10-4-2-7-13-10)14-8-5-9-3-1-6-12-9;/h2,4,7,9,12-13H,1,3,5-6,8H2,(H,14,15);1H/t9-;/m1./s1. The van der Waals surface area contributed by atoms with E-state index in [2.05, 4.69) is 15.6 Å². The lowest BCUT2D eigenvalue weighted by Gasteiger charge is -2.10. The van der Waals surface area contributed by atoms with Crippen LogP contribution in [-0.2, 0) is 0 Å². The van der Waals surface area contributed by atoms with Gasteiger partial charge in [-0.25, -0.2) is 0 Å². The maximum atomic E-state index is 11.5. The summed E-state index contributed by atoms with van der Waals surface area (Å²) in [5.74, 6) is -0.0157. The van der Waals surface area contributed by atoms with Gasteiger partial charge in [-0.15, -0.1) is 12.4 Å². The van der Waals surface area contributed by atoms with Gasteiger partial charge < -0.3 is 15.6 Å². The summed E-state index contributed by atoms with van der Waals surface area (Å²) in [6.07, 6.45) is 5.27. The van der Waals surface area contributed by atoms with Gasteiger partial charge in [0.25, 0.3) is 5.91 Å². The molecule has 4 nitrogen and oxygen atoms in total. The second-order valence-corrected chi connectivity index (χ2v) is 3.92. The molecule has 90 valence electrons. The Kier molecular flexibility index (Phi) is 5.35. The maximum Gasteiger partial charge on any atom is 0.267 e. The molecule has 1 amide bonds. The van der Waals surface area contributed by atoms with Crippen molar-refractivity contribution >= 4 is 18.3 Å². The van der Waals surface area contributed by atoms with Crippen molar-refractivity contribution < 1.29 is 4.79 Å². The molecule has 0 aliphatic carbocycles. The van der Waals surface area contributed by atoms with Gasteiger partial charge in [0.1, 0.15) is 5.69 Å². The Labute approximate surface area is 102 Å². The lowest BCUT2D eigenvalue weighted by atomic mass is 10.1. The molecule has 1 aliphatic heterocycles. The normalized spacial score (nSPS) is 19.1. The second kappa shape index (κ2) is 6.55. The van der Waals surface area contributed by atoms with E-state index < -0.39 is 0 Å². The summed E-state index contributed by atoms with van der Waals surface area (Å²) in [5.41, 5.74) is 0.634. The number of nitrogens with one attached hydrogen (secondary N) is 3. The Bertz CT molecular complexity index is 307. The number of H-pyrrole nitrogens is 1. The van der Waals surface area contributed by atoms with Crippen LogP contribution < -0.4 is 10.6 Å². The van der Waals surface area contributed by atoms with Crippen LogP contribution in [0.4, 0.5) is 0 Å². The topological polar surface area (TPSA) is 56.9 Å². The fourth-order valence-electron chi connectivity index (χ4n) is 1.93. The maximum absolute atomic E-state index is 11.5. The van der Waals surface area contributed by atoms with Crippen LogP contribution >= 0.6 is 12.4 Å². The van der Waals surface area contributed by atoms with Crippen molar-refractivity contribution in [3.05, 3.63) is 24.0 Å². The van der Waals surface area contributed by atoms with E-state index in [4.69, 9.17) is 0 Å². The van der Waals surface area contributed by atoms with Crippen LogP contribution in [0.2, 0.25) is 0 Å². The molecule has 5 heteroatoms. The smallest absolute Gasteiger partial charge is 0.267 e. The van der Waals surface area contributed by atoms with Gasteiger partial charge in [0.05, 0.1) is 0 Å². The van der Waals surface area contributed by atoms with Gasteiger partial charge in [0, 0.05) is 18.8 Å². The van der Waals surface area contributed by atoms with E-state index in [0.717, 1.165) is 19.5 Å². The average Bonchev–Trinajstić information content (AvgIpc) is 2.90. The zero-order valence-corrected chi connectivity index (χ0v) is 9.98. The molecule has 0 radical (unpaired) electrons. The fourth-order valence-corrected chi connectivity index (χ4v) is 1.93. The molecule has 0 aromatic carbocycles. The summed E-state index contributed by atoms with van der Waals surface area (Å²) in [6, 6.07) is 4.20. The molecule has 0 unspecified atom stereocenters. The molecule has 0 spiro atoms. The fraction of sp³-hybridized carbons (Fsp3) is 0.545. The molecule has 1 saturated heterocycles. The highest BCUT2D eigenvalue weighted by Crippen LogP contribution is 2.07. The van der Waals surface area contributed by atoms with E-state index >= 15 is 0 Å². The quantitative estimate of drug-likeness (QED) is 0.747. The molecular weight excluding hydrogens is 226 g/mol. The first-order valence-electron chi connectivity index (χ1n) is 5.51. The molecule has 3 N–H and O–H groups in total. The van der Waals surface area contributed by atoms with Crippen molar-refractivity contribution in [2.75, 3.05) is 13.1 Å². The lowest BCUT2D eigenvalue weighted by Crippen LogP contribution is -2.30. The van der Waals surface area contributed by atoms with Crippen molar-refractivity contribution in [1.82, 2.24) is 15.6 Å². The van der Waals surface area contributed by atoms with Gasteiger partial charge in [0.2, 0.25) is 0 Å². The highest BCUT2D eigenvalue weighted by molar-refractivity contribution is 5.92. The zero-order chi connectivity index (χ0) is 10.5. The van der Waals surface area contributed by atoms with Gasteiger partial charge in [-0.3, -0.25) is 4.79 Å². The Balaban J connectivity index is 0.00000128. The molecule has 2 heterocycles. The third-order valence-corrected chi connectivity index (χ3v) is 2.78. The molecule has 1 fully saturated rings. The minimum Gasteiger partial charge on any atom is -0.357 e. The predicted octanol–water partition coefficient (Wildman–Crippen LogP) is 1.31. The second-order valence-electron chi connectivity index (χ2n) is 3.92. The molecule has 1 atom stereocenters. The molecule has 2 rings (SSSR count). The Hall–Kier alpha value is -1.00. The van der Waals surface area contributed by atoms with Crippen LogP contribution in [0.15, 0.2) is 18.3 Å². The number of halogens is 1. The molecule has 0 saturated carbocycles. The van der Waals surface area contributed by atoms with Crippen LogP contribution in [0.3, 0.4) is 0 Å². The molecule has 16 heavy (non-hydrogen) atoms. The monoisotopic (exact) mass is 243 g/mol. The van der Waals surface area contributed by atoms with Crippen LogP contribution in [0.1, 0.15) is 29.8 Å². The van der Waals surface area contributed by atoms with Crippen molar-refractivity contribution in [3.8, 4) is 0 Å². The van der Waals surface area contributed by atoms with Gasteiger partial charge in [-0.05, 0) is 37.9 Å². The van der Waals surface area contributed by atoms with E-state index in [1.807, 2.05) is 6.07 Å². The number of hydrogen-bond acceptors (Lipinski definition) is 2. The van der Waals surface area contributed by atoms with E-state index in [0.29, 0.717) is 11.7 Å². The van der Waals surface area contributed by atoms with E-state index in [1.54, 1.807) is 12.3 Å². The molecule has 1 aromatic rings. The summed E-state index contributed by atoms with van der Waals surface area (Å²) in [5, 5.41) is 6.31. The lowest BCUT2D eigenvalue weighted by molar-refractivity contribution is 0.0948. The minimum absolute atomic E-state index is 0. The van der Waals surface area contributed by atoms with Gasteiger partial charge in [0.15, 0.2) is 0 Å². The summed E-state index contributed by atoms with van der Waals surface area (Å²) in [6.45, 7) is 1.87. The van der Waals surface area contributed by atoms with Crippen molar-refractivity contribution in [2.45, 2.75) is 25.3 Å². The van der Waals surface area contributed by atoms with Crippen molar-refractivity contribution in [1.29, 1.82) is 0 Å². The van der Waals surface area contributed by atoms with Crippen molar-refractivity contribution in [3.63, 3.8) is 0 Å². The molecule has 0 bridgehead atoms. The van der Waals surface area contributed by atoms with Gasteiger partial charge in [-0.2, -0.15) is 0 Å². The predicted molar refractivity (Wildman–Crippen MR) is 66.0 cm³/mol. The Morgan fingerprint density at radius 3 is 3.06 bits per heavy atom. The van der Waals surface area contributed by atoms with Crippen LogP contribution in [0.5, 0.6) is 0 Å². The van der Waals surface area contributed by atoms with Crippen LogP contribution in [0, 0.1) is 0 Å². The van der Waals surface area contributed by atoms with E-state index in [-0.39, 0.29) is 18.3 Å². The summed E-state index contributed by atoms with van der Waals surface area (Å²) < 4.78 is 0. The Morgan fingerprint density at radius 2 is 2.44 bits per heavy atom. The number of carbonyl (C=O) groups excluding carboxylic acids is 1. The van der Waals surface area contributed by atoms with Crippen LogP contribution in [0.25, 0.3) is 0 Å². The summed E-state index contributed by atoms with van der Waals surface area (Å²) >= 11 is 0. The van der Waals surface area contributed by atoms with E-state index in [9.17, 15) is 4.79 Å². The zero-order valence-electron chi connectivity index (χ0n) is 9.16. The highest BCUT2D eigenvalue weighted by Gasteiger charge is 2.13. The largest absolute Gasteiger partial charge is 0.357 e. The number of aromatic amines is 1. The SMILES string of the molecule is Cl.O=C(NCC[C@H]1CCCN1)c1ccc[nH]1. The highest BCUT2D eigenvalue weighted by atomic mass is 35.5. The molecule has 1 aliphatic rings. The minimum atomic E-state index is -0.0157.